The van der Waals surface area contributed by atoms with Crippen molar-refractivity contribution in [1.82, 2.24) is 10.2 Å². The number of likely N-dealkylation sites (tertiary alicyclic amines) is 1. The second-order valence-electron chi connectivity index (χ2n) is 5.42. The van der Waals surface area contributed by atoms with Gasteiger partial charge in [0.05, 0.1) is 6.54 Å². The van der Waals surface area contributed by atoms with E-state index < -0.39 is 0 Å². The average Bonchev–Trinajstić information content (AvgIpc) is 2.50. The molecular formula is C17H21ClN2O. The smallest absolute Gasteiger partial charge is 0.223 e. The van der Waals surface area contributed by atoms with Crippen LogP contribution in [-0.2, 0) is 11.2 Å². The number of hydrogen-bond donors (Lipinski definition) is 1. The highest BCUT2D eigenvalue weighted by Crippen LogP contribution is 2.17. The quantitative estimate of drug-likeness (QED) is 0.847. The Balaban J connectivity index is 1.68. The fourth-order valence-electron chi connectivity index (χ4n) is 2.61. The zero-order chi connectivity index (χ0) is 15.1. The molecule has 0 radical (unpaired) electrons. The summed E-state index contributed by atoms with van der Waals surface area (Å²) in [5.74, 6) is 2.95. The third kappa shape index (κ3) is 5.08. The predicted octanol–water partition coefficient (Wildman–Crippen LogP) is 2.34. The number of rotatable bonds is 5. The molecule has 0 saturated carbocycles. The molecule has 0 aliphatic carbocycles. The highest BCUT2D eigenvalue weighted by molar-refractivity contribution is 6.30. The minimum Gasteiger partial charge on any atom is -0.356 e. The molecule has 1 amide bonds. The maximum absolute atomic E-state index is 12.1. The van der Waals surface area contributed by atoms with Crippen LogP contribution in [0.1, 0.15) is 18.4 Å². The molecule has 3 nitrogen and oxygen atoms in total. The number of hydrogen-bond acceptors (Lipinski definition) is 2. The van der Waals surface area contributed by atoms with Gasteiger partial charge < -0.3 is 5.32 Å². The standard InChI is InChI=1S/C17H21ClN2O/c1-2-11-20-12-8-15(9-13-20)17(21)19-10-7-14-3-5-16(18)6-4-14/h1,3-6,15H,7-13H2,(H,19,21). The summed E-state index contributed by atoms with van der Waals surface area (Å²) in [5, 5.41) is 3.77. The summed E-state index contributed by atoms with van der Waals surface area (Å²) in [6, 6.07) is 7.74. The van der Waals surface area contributed by atoms with E-state index >= 15 is 0 Å². The van der Waals surface area contributed by atoms with E-state index in [0.717, 1.165) is 37.4 Å². The summed E-state index contributed by atoms with van der Waals surface area (Å²) in [6.45, 7) is 3.19. The van der Waals surface area contributed by atoms with Gasteiger partial charge in [0.2, 0.25) is 5.91 Å². The number of nitrogens with one attached hydrogen (secondary N) is 1. The Bertz CT molecular complexity index is 499. The van der Waals surface area contributed by atoms with Gasteiger partial charge in [0, 0.05) is 17.5 Å². The van der Waals surface area contributed by atoms with Crippen LogP contribution in [0.4, 0.5) is 0 Å². The number of terminal acetylenes is 1. The number of amides is 1. The summed E-state index contributed by atoms with van der Waals surface area (Å²) in [6.07, 6.45) is 7.93. The largest absolute Gasteiger partial charge is 0.356 e. The van der Waals surface area contributed by atoms with Crippen LogP contribution in [0.15, 0.2) is 24.3 Å². The van der Waals surface area contributed by atoms with E-state index in [1.807, 2.05) is 24.3 Å². The highest BCUT2D eigenvalue weighted by Gasteiger charge is 2.24. The maximum Gasteiger partial charge on any atom is 0.223 e. The van der Waals surface area contributed by atoms with Crippen molar-refractivity contribution in [2.24, 2.45) is 5.92 Å². The molecule has 0 aromatic heterocycles. The van der Waals surface area contributed by atoms with E-state index in [4.69, 9.17) is 18.0 Å². The number of piperidine rings is 1. The molecule has 0 bridgehead atoms. The first-order chi connectivity index (χ1) is 10.2. The SMILES string of the molecule is C#CCN1CCC(C(=O)NCCc2ccc(Cl)cc2)CC1. The van der Waals surface area contributed by atoms with Crippen LogP contribution in [0, 0.1) is 18.3 Å². The number of nitrogens with zero attached hydrogens (tertiary/aromatic N) is 1. The predicted molar refractivity (Wildman–Crippen MR) is 86.2 cm³/mol. The lowest BCUT2D eigenvalue weighted by molar-refractivity contribution is -0.126. The zero-order valence-electron chi connectivity index (χ0n) is 12.1. The third-order valence-corrected chi connectivity index (χ3v) is 4.15. The minimum absolute atomic E-state index is 0.129. The molecule has 0 spiro atoms. The Labute approximate surface area is 131 Å². The fourth-order valence-corrected chi connectivity index (χ4v) is 2.73. The topological polar surface area (TPSA) is 32.3 Å². The molecule has 1 aliphatic heterocycles. The van der Waals surface area contributed by atoms with Gasteiger partial charge in [-0.15, -0.1) is 6.42 Å². The van der Waals surface area contributed by atoms with Gasteiger partial charge in [-0.05, 0) is 50.0 Å². The third-order valence-electron chi connectivity index (χ3n) is 3.90. The van der Waals surface area contributed by atoms with E-state index in [1.54, 1.807) is 0 Å². The molecule has 1 aliphatic rings. The Morgan fingerprint density at radius 3 is 2.62 bits per heavy atom. The number of carbonyl (C=O) groups excluding carboxylic acids is 1. The normalized spacial score (nSPS) is 16.4. The second-order valence-corrected chi connectivity index (χ2v) is 5.86. The van der Waals surface area contributed by atoms with Crippen LogP contribution >= 0.6 is 11.6 Å². The van der Waals surface area contributed by atoms with Crippen LogP contribution in [-0.4, -0.2) is 37.0 Å². The number of carbonyl (C=O) groups is 1. The fraction of sp³-hybridized carbons (Fsp3) is 0.471. The molecule has 2 rings (SSSR count). The lowest BCUT2D eigenvalue weighted by atomic mass is 9.96. The first-order valence-corrected chi connectivity index (χ1v) is 7.75. The van der Waals surface area contributed by atoms with Crippen molar-refractivity contribution >= 4 is 17.5 Å². The van der Waals surface area contributed by atoms with Gasteiger partial charge in [0.25, 0.3) is 0 Å². The van der Waals surface area contributed by atoms with Crippen molar-refractivity contribution in [3.8, 4) is 12.3 Å². The first kappa shape index (κ1) is 15.9. The van der Waals surface area contributed by atoms with Gasteiger partial charge in [-0.1, -0.05) is 29.7 Å². The van der Waals surface area contributed by atoms with Crippen LogP contribution in [0.5, 0.6) is 0 Å². The van der Waals surface area contributed by atoms with Gasteiger partial charge in [-0.3, -0.25) is 9.69 Å². The van der Waals surface area contributed by atoms with E-state index in [0.29, 0.717) is 13.1 Å². The van der Waals surface area contributed by atoms with E-state index in [9.17, 15) is 4.79 Å². The molecule has 112 valence electrons. The summed E-state index contributed by atoms with van der Waals surface area (Å²) >= 11 is 5.85. The maximum atomic E-state index is 12.1. The van der Waals surface area contributed by atoms with Crippen molar-refractivity contribution < 1.29 is 4.79 Å². The zero-order valence-corrected chi connectivity index (χ0v) is 12.9. The molecule has 0 atom stereocenters. The summed E-state index contributed by atoms with van der Waals surface area (Å²) in [5.41, 5.74) is 1.18. The van der Waals surface area contributed by atoms with Gasteiger partial charge in [-0.25, -0.2) is 0 Å². The van der Waals surface area contributed by atoms with Gasteiger partial charge in [0.1, 0.15) is 0 Å². The monoisotopic (exact) mass is 304 g/mol. The lowest BCUT2D eigenvalue weighted by Gasteiger charge is -2.29. The Morgan fingerprint density at radius 1 is 1.33 bits per heavy atom. The lowest BCUT2D eigenvalue weighted by Crippen LogP contribution is -2.41. The minimum atomic E-state index is 0.129. The van der Waals surface area contributed by atoms with Crippen LogP contribution < -0.4 is 5.32 Å². The average molecular weight is 305 g/mol. The Hall–Kier alpha value is -1.50. The molecular weight excluding hydrogens is 284 g/mol. The van der Waals surface area contributed by atoms with Crippen LogP contribution in [0.3, 0.4) is 0 Å². The summed E-state index contributed by atoms with van der Waals surface area (Å²) in [4.78, 5) is 14.3. The van der Waals surface area contributed by atoms with Crippen molar-refractivity contribution in [2.45, 2.75) is 19.3 Å². The van der Waals surface area contributed by atoms with E-state index in [-0.39, 0.29) is 11.8 Å². The summed E-state index contributed by atoms with van der Waals surface area (Å²) in [7, 11) is 0. The second kappa shape index (κ2) is 8.07. The highest BCUT2D eigenvalue weighted by atomic mass is 35.5. The molecule has 1 aromatic carbocycles. The number of benzene rings is 1. The molecule has 1 saturated heterocycles. The van der Waals surface area contributed by atoms with E-state index in [1.165, 1.54) is 5.56 Å². The molecule has 21 heavy (non-hydrogen) atoms. The molecule has 1 N–H and O–H groups in total. The van der Waals surface area contributed by atoms with Crippen LogP contribution in [0.2, 0.25) is 5.02 Å². The van der Waals surface area contributed by atoms with Gasteiger partial charge >= 0.3 is 0 Å². The van der Waals surface area contributed by atoms with Crippen molar-refractivity contribution in [3.63, 3.8) is 0 Å². The van der Waals surface area contributed by atoms with Crippen LogP contribution in [0.25, 0.3) is 0 Å². The molecule has 0 unspecified atom stereocenters. The van der Waals surface area contributed by atoms with Crippen molar-refractivity contribution in [1.29, 1.82) is 0 Å². The Kier molecular flexibility index (Phi) is 6.10. The Morgan fingerprint density at radius 2 is 2.00 bits per heavy atom. The first-order valence-electron chi connectivity index (χ1n) is 7.37. The van der Waals surface area contributed by atoms with Crippen molar-refractivity contribution in [2.75, 3.05) is 26.2 Å². The van der Waals surface area contributed by atoms with E-state index in [2.05, 4.69) is 16.1 Å². The van der Waals surface area contributed by atoms with Gasteiger partial charge in [0.15, 0.2) is 0 Å². The molecule has 1 heterocycles. The summed E-state index contributed by atoms with van der Waals surface area (Å²) < 4.78 is 0. The molecule has 4 heteroatoms. The molecule has 1 fully saturated rings. The van der Waals surface area contributed by atoms with Gasteiger partial charge in [-0.2, -0.15) is 0 Å². The van der Waals surface area contributed by atoms with Crippen molar-refractivity contribution in [3.05, 3.63) is 34.9 Å². The number of halogens is 1. The molecule has 1 aromatic rings.